The summed E-state index contributed by atoms with van der Waals surface area (Å²) in [6.07, 6.45) is 2.84. The van der Waals surface area contributed by atoms with Crippen molar-refractivity contribution in [3.05, 3.63) is 72.4 Å². The molecule has 0 aliphatic rings. The highest BCUT2D eigenvalue weighted by atomic mass is 16.5. The van der Waals surface area contributed by atoms with Crippen LogP contribution in [-0.2, 0) is 6.61 Å². The van der Waals surface area contributed by atoms with Crippen molar-refractivity contribution in [1.29, 1.82) is 0 Å². The van der Waals surface area contributed by atoms with Crippen LogP contribution < -0.4 is 15.4 Å². The summed E-state index contributed by atoms with van der Waals surface area (Å²) < 4.78 is 5.82. The molecule has 0 saturated heterocycles. The van der Waals surface area contributed by atoms with Crippen LogP contribution in [0.1, 0.15) is 25.8 Å². The fourth-order valence-corrected chi connectivity index (χ4v) is 2.51. The Bertz CT molecular complexity index is 819. The maximum Gasteiger partial charge on any atom is 0.224 e. The van der Waals surface area contributed by atoms with Gasteiger partial charge in [0.2, 0.25) is 5.95 Å². The molecular formula is C22H26N4O. The second-order valence-electron chi connectivity index (χ2n) is 6.80. The minimum atomic E-state index is 0.560. The molecule has 2 aromatic carbocycles. The van der Waals surface area contributed by atoms with E-state index in [1.165, 1.54) is 0 Å². The molecule has 0 fully saturated rings. The number of hydrogen-bond donors (Lipinski definition) is 2. The van der Waals surface area contributed by atoms with Gasteiger partial charge in [-0.15, -0.1) is 0 Å². The summed E-state index contributed by atoms with van der Waals surface area (Å²) >= 11 is 0. The topological polar surface area (TPSA) is 59.1 Å². The number of nitrogens with zero attached hydrogens (tertiary/aromatic N) is 2. The largest absolute Gasteiger partial charge is 0.489 e. The Hall–Kier alpha value is -3.08. The molecule has 1 aromatic heterocycles. The van der Waals surface area contributed by atoms with Crippen molar-refractivity contribution in [1.82, 2.24) is 9.97 Å². The number of hydrogen-bond acceptors (Lipinski definition) is 5. The van der Waals surface area contributed by atoms with Gasteiger partial charge in [-0.3, -0.25) is 0 Å². The van der Waals surface area contributed by atoms with Crippen LogP contribution in [0.5, 0.6) is 5.75 Å². The van der Waals surface area contributed by atoms with Crippen molar-refractivity contribution >= 4 is 17.5 Å². The fraction of sp³-hybridized carbons (Fsp3) is 0.273. The minimum absolute atomic E-state index is 0.560. The summed E-state index contributed by atoms with van der Waals surface area (Å²) in [5.41, 5.74) is 2.10. The Balaban J connectivity index is 1.53. The first kappa shape index (κ1) is 18.7. The SMILES string of the molecule is CC(C)CCNc1nccc(Nc2ccc(OCc3ccccc3)cc2)n1. The zero-order valence-electron chi connectivity index (χ0n) is 15.9. The molecule has 0 bridgehead atoms. The predicted octanol–water partition coefficient (Wildman–Crippen LogP) is 5.26. The van der Waals surface area contributed by atoms with Crippen LogP contribution in [0.15, 0.2) is 66.9 Å². The molecule has 0 radical (unpaired) electrons. The monoisotopic (exact) mass is 362 g/mol. The highest BCUT2D eigenvalue weighted by Gasteiger charge is 2.02. The highest BCUT2D eigenvalue weighted by Crippen LogP contribution is 2.20. The van der Waals surface area contributed by atoms with Crippen LogP contribution in [0.2, 0.25) is 0 Å². The predicted molar refractivity (Wildman–Crippen MR) is 110 cm³/mol. The first-order valence-electron chi connectivity index (χ1n) is 9.30. The lowest BCUT2D eigenvalue weighted by molar-refractivity contribution is 0.306. The molecule has 27 heavy (non-hydrogen) atoms. The van der Waals surface area contributed by atoms with E-state index in [0.29, 0.717) is 18.5 Å². The Kier molecular flexibility index (Phi) is 6.63. The Morgan fingerprint density at radius 2 is 1.74 bits per heavy atom. The number of benzene rings is 2. The van der Waals surface area contributed by atoms with Gasteiger partial charge in [-0.25, -0.2) is 4.98 Å². The molecule has 0 aliphatic heterocycles. The summed E-state index contributed by atoms with van der Waals surface area (Å²) in [5, 5.41) is 6.56. The van der Waals surface area contributed by atoms with E-state index in [4.69, 9.17) is 4.74 Å². The summed E-state index contributed by atoms with van der Waals surface area (Å²) in [6, 6.07) is 19.9. The van der Waals surface area contributed by atoms with Crippen molar-refractivity contribution in [2.45, 2.75) is 26.9 Å². The summed E-state index contributed by atoms with van der Waals surface area (Å²) in [5.74, 6) is 2.89. The average molecular weight is 362 g/mol. The first-order chi connectivity index (χ1) is 13.2. The Labute approximate surface area is 160 Å². The number of anilines is 3. The summed E-state index contributed by atoms with van der Waals surface area (Å²) in [6.45, 7) is 5.83. The zero-order chi connectivity index (χ0) is 18.9. The van der Waals surface area contributed by atoms with Gasteiger partial charge in [0, 0.05) is 18.4 Å². The minimum Gasteiger partial charge on any atom is -0.489 e. The van der Waals surface area contributed by atoms with E-state index in [1.807, 2.05) is 48.5 Å². The molecule has 3 aromatic rings. The number of ether oxygens (including phenoxy) is 1. The molecule has 0 spiro atoms. The van der Waals surface area contributed by atoms with Crippen molar-refractivity contribution in [2.24, 2.45) is 5.92 Å². The van der Waals surface area contributed by atoms with Gasteiger partial charge >= 0.3 is 0 Å². The lowest BCUT2D eigenvalue weighted by Gasteiger charge is -2.10. The van der Waals surface area contributed by atoms with Gasteiger partial charge in [-0.1, -0.05) is 44.2 Å². The van der Waals surface area contributed by atoms with Crippen molar-refractivity contribution in [3.63, 3.8) is 0 Å². The third-order valence-electron chi connectivity index (χ3n) is 4.04. The molecule has 5 nitrogen and oxygen atoms in total. The van der Waals surface area contributed by atoms with Crippen LogP contribution in [0.25, 0.3) is 0 Å². The summed E-state index contributed by atoms with van der Waals surface area (Å²) in [7, 11) is 0. The normalized spacial score (nSPS) is 10.6. The molecule has 1 heterocycles. The standard InChI is InChI=1S/C22H26N4O/c1-17(2)12-14-23-22-24-15-13-21(26-22)25-19-8-10-20(11-9-19)27-16-18-6-4-3-5-7-18/h3-11,13,15,17H,12,14,16H2,1-2H3,(H2,23,24,25,26). The van der Waals surface area contributed by atoms with Gasteiger partial charge < -0.3 is 15.4 Å². The fourth-order valence-electron chi connectivity index (χ4n) is 2.51. The number of nitrogens with one attached hydrogen (secondary N) is 2. The molecule has 0 amide bonds. The van der Waals surface area contributed by atoms with E-state index in [9.17, 15) is 0 Å². The van der Waals surface area contributed by atoms with Crippen LogP contribution in [-0.4, -0.2) is 16.5 Å². The Morgan fingerprint density at radius 3 is 2.48 bits per heavy atom. The van der Waals surface area contributed by atoms with E-state index >= 15 is 0 Å². The molecule has 0 unspecified atom stereocenters. The Morgan fingerprint density at radius 1 is 0.963 bits per heavy atom. The molecule has 0 aliphatic carbocycles. The van der Waals surface area contributed by atoms with E-state index in [0.717, 1.165) is 35.8 Å². The van der Waals surface area contributed by atoms with Gasteiger partial charge in [-0.05, 0) is 48.2 Å². The lowest BCUT2D eigenvalue weighted by atomic mass is 10.1. The zero-order valence-corrected chi connectivity index (χ0v) is 15.9. The highest BCUT2D eigenvalue weighted by molar-refractivity contribution is 5.57. The second-order valence-corrected chi connectivity index (χ2v) is 6.80. The lowest BCUT2D eigenvalue weighted by Crippen LogP contribution is -2.08. The maximum absolute atomic E-state index is 5.82. The maximum atomic E-state index is 5.82. The quantitative estimate of drug-likeness (QED) is 0.544. The second kappa shape index (κ2) is 9.57. The van der Waals surface area contributed by atoms with Gasteiger partial charge in [0.25, 0.3) is 0 Å². The molecule has 5 heteroatoms. The van der Waals surface area contributed by atoms with E-state index in [-0.39, 0.29) is 0 Å². The summed E-state index contributed by atoms with van der Waals surface area (Å²) in [4.78, 5) is 8.76. The van der Waals surface area contributed by atoms with Gasteiger partial charge in [0.1, 0.15) is 18.2 Å². The van der Waals surface area contributed by atoms with E-state index in [2.05, 4.69) is 46.6 Å². The van der Waals surface area contributed by atoms with Crippen LogP contribution in [0.4, 0.5) is 17.5 Å². The van der Waals surface area contributed by atoms with E-state index in [1.54, 1.807) is 6.20 Å². The third-order valence-corrected chi connectivity index (χ3v) is 4.04. The van der Waals surface area contributed by atoms with Crippen LogP contribution in [0.3, 0.4) is 0 Å². The molecule has 140 valence electrons. The molecule has 0 saturated carbocycles. The third kappa shape index (κ3) is 6.29. The van der Waals surface area contributed by atoms with Gasteiger partial charge in [-0.2, -0.15) is 4.98 Å². The molecule has 0 atom stereocenters. The molecule has 3 rings (SSSR count). The van der Waals surface area contributed by atoms with Crippen molar-refractivity contribution in [2.75, 3.05) is 17.2 Å². The molecular weight excluding hydrogens is 336 g/mol. The average Bonchev–Trinajstić information content (AvgIpc) is 2.68. The number of aromatic nitrogens is 2. The van der Waals surface area contributed by atoms with Gasteiger partial charge in [0.15, 0.2) is 0 Å². The van der Waals surface area contributed by atoms with Gasteiger partial charge in [0.05, 0.1) is 0 Å². The smallest absolute Gasteiger partial charge is 0.224 e. The molecule has 2 N–H and O–H groups in total. The van der Waals surface area contributed by atoms with Crippen molar-refractivity contribution < 1.29 is 4.74 Å². The van der Waals surface area contributed by atoms with Crippen molar-refractivity contribution in [3.8, 4) is 5.75 Å². The number of rotatable bonds is 9. The van der Waals surface area contributed by atoms with Crippen LogP contribution in [0, 0.1) is 5.92 Å². The first-order valence-corrected chi connectivity index (χ1v) is 9.30. The van der Waals surface area contributed by atoms with E-state index < -0.39 is 0 Å². The van der Waals surface area contributed by atoms with Crippen LogP contribution >= 0.6 is 0 Å².